The first kappa shape index (κ1) is 14.7. The molecule has 0 aliphatic heterocycles. The standard InChI is InChI=1S/C9H18F3NO2/c1-8(2)13(4-3-6-14)5-7-15-9(10,11)12/h8,14H,3-7H2,1-2H3. The van der Waals surface area contributed by atoms with Crippen molar-refractivity contribution < 1.29 is 23.0 Å². The lowest BCUT2D eigenvalue weighted by atomic mass is 10.3. The van der Waals surface area contributed by atoms with Crippen molar-refractivity contribution in [3.8, 4) is 0 Å². The molecule has 0 bridgehead atoms. The highest BCUT2D eigenvalue weighted by molar-refractivity contribution is 4.62. The van der Waals surface area contributed by atoms with E-state index in [0.29, 0.717) is 13.0 Å². The van der Waals surface area contributed by atoms with Gasteiger partial charge in [-0.3, -0.25) is 9.64 Å². The van der Waals surface area contributed by atoms with Crippen LogP contribution in [0.5, 0.6) is 0 Å². The minimum atomic E-state index is -4.56. The number of aliphatic hydroxyl groups is 1. The SMILES string of the molecule is CC(C)N(CCCO)CCOC(F)(F)F. The number of aliphatic hydroxyl groups excluding tert-OH is 1. The van der Waals surface area contributed by atoms with Gasteiger partial charge in [0.1, 0.15) is 0 Å². The van der Waals surface area contributed by atoms with Crippen LogP contribution in [0.15, 0.2) is 0 Å². The van der Waals surface area contributed by atoms with E-state index in [4.69, 9.17) is 5.11 Å². The Kier molecular flexibility index (Phi) is 6.87. The van der Waals surface area contributed by atoms with Gasteiger partial charge in [0.05, 0.1) is 6.61 Å². The van der Waals surface area contributed by atoms with Crippen LogP contribution in [0.2, 0.25) is 0 Å². The fraction of sp³-hybridized carbons (Fsp3) is 1.00. The monoisotopic (exact) mass is 229 g/mol. The van der Waals surface area contributed by atoms with E-state index in [1.807, 2.05) is 18.7 Å². The second kappa shape index (κ2) is 7.03. The Hall–Kier alpha value is -0.330. The highest BCUT2D eigenvalue weighted by Crippen LogP contribution is 2.15. The van der Waals surface area contributed by atoms with Crippen LogP contribution >= 0.6 is 0 Å². The third-order valence-corrected chi connectivity index (χ3v) is 1.98. The van der Waals surface area contributed by atoms with Crippen LogP contribution < -0.4 is 0 Å². The van der Waals surface area contributed by atoms with Gasteiger partial charge >= 0.3 is 6.36 Å². The molecule has 0 radical (unpaired) electrons. The molecule has 0 aromatic heterocycles. The molecule has 0 aliphatic rings. The second-order valence-electron chi connectivity index (χ2n) is 3.50. The largest absolute Gasteiger partial charge is 0.522 e. The summed E-state index contributed by atoms with van der Waals surface area (Å²) in [6.45, 7) is 4.26. The fourth-order valence-corrected chi connectivity index (χ4v) is 1.18. The zero-order chi connectivity index (χ0) is 11.9. The Bertz CT molecular complexity index is 162. The predicted octanol–water partition coefficient (Wildman–Crippen LogP) is 1.62. The van der Waals surface area contributed by atoms with Crippen molar-refractivity contribution in [2.24, 2.45) is 0 Å². The van der Waals surface area contributed by atoms with Crippen molar-refractivity contribution >= 4 is 0 Å². The first-order valence-electron chi connectivity index (χ1n) is 4.92. The Morgan fingerprint density at radius 3 is 2.27 bits per heavy atom. The lowest BCUT2D eigenvalue weighted by molar-refractivity contribution is -0.325. The lowest BCUT2D eigenvalue weighted by Crippen LogP contribution is -2.36. The first-order chi connectivity index (χ1) is 6.87. The zero-order valence-corrected chi connectivity index (χ0v) is 9.05. The summed E-state index contributed by atoms with van der Waals surface area (Å²) in [4.78, 5) is 1.84. The number of nitrogens with zero attached hydrogens (tertiary/aromatic N) is 1. The number of ether oxygens (including phenoxy) is 1. The average molecular weight is 229 g/mol. The molecule has 0 aromatic rings. The summed E-state index contributed by atoms with van der Waals surface area (Å²) in [5.74, 6) is 0. The van der Waals surface area contributed by atoms with E-state index in [1.165, 1.54) is 0 Å². The van der Waals surface area contributed by atoms with Crippen LogP contribution in [0.4, 0.5) is 13.2 Å². The minimum absolute atomic E-state index is 0.0450. The van der Waals surface area contributed by atoms with E-state index >= 15 is 0 Å². The van der Waals surface area contributed by atoms with Crippen molar-refractivity contribution in [1.29, 1.82) is 0 Å². The molecule has 0 amide bonds. The van der Waals surface area contributed by atoms with Gasteiger partial charge in [-0.05, 0) is 20.3 Å². The van der Waals surface area contributed by atoms with Gasteiger partial charge in [-0.2, -0.15) is 0 Å². The Morgan fingerprint density at radius 2 is 1.87 bits per heavy atom. The number of halogens is 3. The lowest BCUT2D eigenvalue weighted by Gasteiger charge is -2.26. The highest BCUT2D eigenvalue weighted by atomic mass is 19.4. The Labute approximate surface area is 87.8 Å². The van der Waals surface area contributed by atoms with E-state index in [0.717, 1.165) is 0 Å². The highest BCUT2D eigenvalue weighted by Gasteiger charge is 2.29. The molecule has 0 unspecified atom stereocenters. The molecule has 6 heteroatoms. The normalized spacial score (nSPS) is 12.8. The third kappa shape index (κ3) is 8.65. The Balaban J connectivity index is 3.76. The van der Waals surface area contributed by atoms with Gasteiger partial charge in [0.15, 0.2) is 0 Å². The molecule has 0 rings (SSSR count). The van der Waals surface area contributed by atoms with Gasteiger partial charge in [-0.25, -0.2) is 0 Å². The molecule has 0 saturated heterocycles. The molecule has 0 saturated carbocycles. The average Bonchev–Trinajstić information content (AvgIpc) is 2.08. The fourth-order valence-electron chi connectivity index (χ4n) is 1.18. The van der Waals surface area contributed by atoms with Crippen LogP contribution in [0.25, 0.3) is 0 Å². The summed E-state index contributed by atoms with van der Waals surface area (Å²) in [5.41, 5.74) is 0. The summed E-state index contributed by atoms with van der Waals surface area (Å²) in [6, 6.07) is 0.147. The van der Waals surface area contributed by atoms with Crippen LogP contribution in [0, 0.1) is 0 Å². The number of alkyl halides is 3. The molecule has 0 fully saturated rings. The minimum Gasteiger partial charge on any atom is -0.396 e. The topological polar surface area (TPSA) is 32.7 Å². The zero-order valence-electron chi connectivity index (χ0n) is 9.05. The van der Waals surface area contributed by atoms with Crippen molar-refractivity contribution in [3.63, 3.8) is 0 Å². The van der Waals surface area contributed by atoms with Crippen molar-refractivity contribution in [1.82, 2.24) is 4.90 Å². The summed E-state index contributed by atoms with van der Waals surface area (Å²) in [6.07, 6.45) is -4.00. The van der Waals surface area contributed by atoms with Gasteiger partial charge in [-0.15, -0.1) is 13.2 Å². The number of rotatable bonds is 7. The maximum absolute atomic E-state index is 11.7. The van der Waals surface area contributed by atoms with Gasteiger partial charge in [-0.1, -0.05) is 0 Å². The van der Waals surface area contributed by atoms with Gasteiger partial charge in [0, 0.05) is 25.7 Å². The van der Waals surface area contributed by atoms with Crippen molar-refractivity contribution in [2.45, 2.75) is 32.7 Å². The Morgan fingerprint density at radius 1 is 1.27 bits per heavy atom. The van der Waals surface area contributed by atoms with Gasteiger partial charge in [0.25, 0.3) is 0 Å². The summed E-state index contributed by atoms with van der Waals surface area (Å²) >= 11 is 0. The first-order valence-corrected chi connectivity index (χ1v) is 4.92. The molecular formula is C9H18F3NO2. The molecule has 0 aromatic carbocycles. The number of hydrogen-bond donors (Lipinski definition) is 1. The molecular weight excluding hydrogens is 211 g/mol. The quantitative estimate of drug-likeness (QED) is 0.720. The second-order valence-corrected chi connectivity index (χ2v) is 3.50. The molecule has 15 heavy (non-hydrogen) atoms. The maximum atomic E-state index is 11.7. The van der Waals surface area contributed by atoms with E-state index in [1.54, 1.807) is 0 Å². The van der Waals surface area contributed by atoms with Crippen LogP contribution in [0.3, 0.4) is 0 Å². The van der Waals surface area contributed by atoms with Crippen molar-refractivity contribution in [3.05, 3.63) is 0 Å². The summed E-state index contributed by atoms with van der Waals surface area (Å²) < 4.78 is 38.7. The molecule has 92 valence electrons. The van der Waals surface area contributed by atoms with Crippen molar-refractivity contribution in [2.75, 3.05) is 26.3 Å². The molecule has 3 nitrogen and oxygen atoms in total. The van der Waals surface area contributed by atoms with E-state index < -0.39 is 6.36 Å². The van der Waals surface area contributed by atoms with Crippen LogP contribution in [0.1, 0.15) is 20.3 Å². The predicted molar refractivity (Wildman–Crippen MR) is 50.4 cm³/mol. The van der Waals surface area contributed by atoms with E-state index in [2.05, 4.69) is 4.74 Å². The molecule has 0 heterocycles. The maximum Gasteiger partial charge on any atom is 0.522 e. The van der Waals surface area contributed by atoms with E-state index in [-0.39, 0.29) is 25.8 Å². The number of hydrogen-bond acceptors (Lipinski definition) is 3. The summed E-state index contributed by atoms with van der Waals surface area (Å²) in [7, 11) is 0. The smallest absolute Gasteiger partial charge is 0.396 e. The van der Waals surface area contributed by atoms with E-state index in [9.17, 15) is 13.2 Å². The van der Waals surface area contributed by atoms with Crippen LogP contribution in [-0.2, 0) is 4.74 Å². The van der Waals surface area contributed by atoms with Crippen LogP contribution in [-0.4, -0.2) is 48.7 Å². The molecule has 0 aliphatic carbocycles. The van der Waals surface area contributed by atoms with Gasteiger partial charge < -0.3 is 5.11 Å². The van der Waals surface area contributed by atoms with Gasteiger partial charge in [0.2, 0.25) is 0 Å². The molecule has 0 spiro atoms. The third-order valence-electron chi connectivity index (χ3n) is 1.98. The molecule has 1 N–H and O–H groups in total. The summed E-state index contributed by atoms with van der Waals surface area (Å²) in [5, 5.41) is 8.61. The molecule has 0 atom stereocenters.